The van der Waals surface area contributed by atoms with Gasteiger partial charge in [-0.25, -0.2) is 0 Å². The van der Waals surface area contributed by atoms with Gasteiger partial charge in [-0.3, -0.25) is 0 Å². The van der Waals surface area contributed by atoms with Crippen molar-refractivity contribution in [3.05, 3.63) is 42.0 Å². The van der Waals surface area contributed by atoms with Gasteiger partial charge in [-0.2, -0.15) is 5.26 Å². The van der Waals surface area contributed by atoms with Crippen LogP contribution in [0.5, 0.6) is 0 Å². The summed E-state index contributed by atoms with van der Waals surface area (Å²) in [7, 11) is 0. The molecule has 1 N–H and O–H groups in total. The molecule has 0 saturated carbocycles. The molecular formula is C23H29N3O. The number of likely N-dealkylation sites (N-methyl/N-ethyl adjacent to an activating group) is 1. The van der Waals surface area contributed by atoms with E-state index in [1.165, 1.54) is 5.69 Å². The van der Waals surface area contributed by atoms with Crippen molar-refractivity contribution < 1.29 is 5.11 Å². The molecule has 2 aliphatic heterocycles. The number of rotatable bonds is 5. The van der Waals surface area contributed by atoms with Crippen molar-refractivity contribution in [2.45, 2.75) is 57.2 Å². The Balaban J connectivity index is 1.67. The van der Waals surface area contributed by atoms with E-state index >= 15 is 0 Å². The number of nitrogens with zero attached hydrogens (tertiary/aromatic N) is 3. The first-order chi connectivity index (χ1) is 13.1. The second-order valence-corrected chi connectivity index (χ2v) is 8.18. The molecule has 2 aromatic carbocycles. The highest BCUT2D eigenvalue weighted by Gasteiger charge is 2.48. The van der Waals surface area contributed by atoms with Crippen LogP contribution in [-0.2, 0) is 0 Å². The number of benzene rings is 2. The minimum atomic E-state index is -0.587. The molecule has 0 aromatic heterocycles. The Hall–Kier alpha value is -2.09. The molecule has 2 bridgehead atoms. The summed E-state index contributed by atoms with van der Waals surface area (Å²) in [6.45, 7) is 7.07. The number of fused-ring (bicyclic) bond motifs is 3. The predicted molar refractivity (Wildman–Crippen MR) is 110 cm³/mol. The quantitative estimate of drug-likeness (QED) is 0.875. The molecule has 2 aromatic rings. The zero-order chi connectivity index (χ0) is 19.0. The average molecular weight is 364 g/mol. The van der Waals surface area contributed by atoms with E-state index in [2.05, 4.69) is 47.9 Å². The lowest BCUT2D eigenvalue weighted by Gasteiger charge is -2.46. The summed E-state index contributed by atoms with van der Waals surface area (Å²) in [4.78, 5) is 4.88. The largest absolute Gasteiger partial charge is 0.388 e. The second kappa shape index (κ2) is 7.14. The van der Waals surface area contributed by atoms with Crippen LogP contribution in [0.15, 0.2) is 36.4 Å². The maximum atomic E-state index is 11.3. The van der Waals surface area contributed by atoms with Crippen LogP contribution in [0.2, 0.25) is 0 Å². The lowest BCUT2D eigenvalue weighted by molar-refractivity contribution is -0.0259. The van der Waals surface area contributed by atoms with Crippen molar-refractivity contribution in [1.82, 2.24) is 4.90 Å². The molecule has 0 radical (unpaired) electrons. The highest BCUT2D eigenvalue weighted by Crippen LogP contribution is 2.45. The number of hydrogen-bond donors (Lipinski definition) is 1. The van der Waals surface area contributed by atoms with E-state index in [1.807, 2.05) is 18.2 Å². The maximum absolute atomic E-state index is 11.3. The van der Waals surface area contributed by atoms with E-state index in [1.54, 1.807) is 0 Å². The first-order valence-corrected chi connectivity index (χ1v) is 10.2. The lowest BCUT2D eigenvalue weighted by atomic mass is 9.84. The van der Waals surface area contributed by atoms with E-state index in [-0.39, 0.29) is 0 Å². The molecule has 27 heavy (non-hydrogen) atoms. The normalized spacial score (nSPS) is 27.3. The number of anilines is 1. The summed E-state index contributed by atoms with van der Waals surface area (Å²) in [5, 5.41) is 23.0. The third-order valence-corrected chi connectivity index (χ3v) is 6.56. The van der Waals surface area contributed by atoms with Crippen molar-refractivity contribution >= 4 is 16.5 Å². The van der Waals surface area contributed by atoms with Crippen LogP contribution in [0.25, 0.3) is 10.8 Å². The predicted octanol–water partition coefficient (Wildman–Crippen LogP) is 3.92. The van der Waals surface area contributed by atoms with Gasteiger partial charge in [-0.05, 0) is 50.9 Å². The lowest BCUT2D eigenvalue weighted by Crippen LogP contribution is -2.55. The Labute approximate surface area is 162 Å². The third kappa shape index (κ3) is 3.20. The van der Waals surface area contributed by atoms with Crippen LogP contribution in [-0.4, -0.2) is 47.3 Å². The zero-order valence-corrected chi connectivity index (χ0v) is 16.4. The Bertz CT molecular complexity index is 854. The minimum absolute atomic E-state index is 0.376. The Morgan fingerprint density at radius 1 is 1.07 bits per heavy atom. The summed E-state index contributed by atoms with van der Waals surface area (Å²) in [5.41, 5.74) is 1.37. The van der Waals surface area contributed by atoms with Crippen LogP contribution >= 0.6 is 0 Å². The monoisotopic (exact) mass is 363 g/mol. The van der Waals surface area contributed by atoms with Crippen LogP contribution in [0.1, 0.15) is 45.1 Å². The molecule has 2 saturated heterocycles. The molecule has 2 aliphatic rings. The third-order valence-electron chi connectivity index (χ3n) is 6.56. The van der Waals surface area contributed by atoms with Gasteiger partial charge in [0.05, 0.1) is 17.2 Å². The van der Waals surface area contributed by atoms with E-state index in [0.717, 1.165) is 61.7 Å². The van der Waals surface area contributed by atoms with E-state index < -0.39 is 5.60 Å². The summed E-state index contributed by atoms with van der Waals surface area (Å²) in [6.07, 6.45) is 3.93. The Morgan fingerprint density at radius 2 is 1.70 bits per heavy atom. The van der Waals surface area contributed by atoms with Gasteiger partial charge in [-0.15, -0.1) is 0 Å². The Morgan fingerprint density at radius 3 is 2.30 bits per heavy atom. The van der Waals surface area contributed by atoms with Crippen molar-refractivity contribution in [2.24, 2.45) is 0 Å². The highest BCUT2D eigenvalue weighted by atomic mass is 16.3. The smallest absolute Gasteiger partial charge is 0.0998 e. The van der Waals surface area contributed by atoms with E-state index in [0.29, 0.717) is 12.1 Å². The molecule has 4 nitrogen and oxygen atoms in total. The van der Waals surface area contributed by atoms with Gasteiger partial charge in [-0.1, -0.05) is 38.1 Å². The number of hydrogen-bond acceptors (Lipinski definition) is 4. The fourth-order valence-corrected chi connectivity index (χ4v) is 5.31. The standard InChI is InChI=1S/C23H29N3O/c1-3-25(4-2)16-23(27)13-18-10-11-19(14-23)26(18)22-12-9-17(15-24)20-7-5-6-8-21(20)22/h5-9,12,18-19,27H,3-4,10-11,13-14,16H2,1-2H3. The van der Waals surface area contributed by atoms with Crippen LogP contribution in [0.4, 0.5) is 5.69 Å². The van der Waals surface area contributed by atoms with E-state index in [9.17, 15) is 10.4 Å². The fraction of sp³-hybridized carbons (Fsp3) is 0.522. The molecule has 4 rings (SSSR count). The molecule has 2 fully saturated rings. The van der Waals surface area contributed by atoms with E-state index in [4.69, 9.17) is 0 Å². The average Bonchev–Trinajstić information content (AvgIpc) is 2.97. The molecule has 0 aliphatic carbocycles. The molecule has 2 atom stereocenters. The first kappa shape index (κ1) is 18.3. The number of aliphatic hydroxyl groups is 1. The van der Waals surface area contributed by atoms with Gasteiger partial charge >= 0.3 is 0 Å². The van der Waals surface area contributed by atoms with Crippen molar-refractivity contribution in [3.8, 4) is 6.07 Å². The highest BCUT2D eigenvalue weighted by molar-refractivity contribution is 5.98. The molecule has 142 valence electrons. The summed E-state index contributed by atoms with van der Waals surface area (Å²) in [5.74, 6) is 0. The van der Waals surface area contributed by atoms with Gasteiger partial charge in [0.25, 0.3) is 0 Å². The van der Waals surface area contributed by atoms with Gasteiger partial charge in [0.2, 0.25) is 0 Å². The van der Waals surface area contributed by atoms with Crippen LogP contribution < -0.4 is 4.90 Å². The zero-order valence-electron chi connectivity index (χ0n) is 16.4. The second-order valence-electron chi connectivity index (χ2n) is 8.18. The minimum Gasteiger partial charge on any atom is -0.388 e. The summed E-state index contributed by atoms with van der Waals surface area (Å²) in [6, 6.07) is 15.4. The molecule has 2 unspecified atom stereocenters. The molecular weight excluding hydrogens is 334 g/mol. The summed E-state index contributed by atoms with van der Waals surface area (Å²) < 4.78 is 0. The van der Waals surface area contributed by atoms with Crippen LogP contribution in [0, 0.1) is 11.3 Å². The molecule has 0 spiro atoms. The van der Waals surface area contributed by atoms with Gasteiger partial charge in [0.15, 0.2) is 0 Å². The van der Waals surface area contributed by atoms with Crippen LogP contribution in [0.3, 0.4) is 0 Å². The van der Waals surface area contributed by atoms with Gasteiger partial charge in [0.1, 0.15) is 0 Å². The summed E-state index contributed by atoms with van der Waals surface area (Å²) >= 11 is 0. The number of piperidine rings is 1. The van der Waals surface area contributed by atoms with Crippen molar-refractivity contribution in [2.75, 3.05) is 24.5 Å². The van der Waals surface area contributed by atoms with Gasteiger partial charge in [0, 0.05) is 35.1 Å². The fourth-order valence-electron chi connectivity index (χ4n) is 5.31. The molecule has 0 amide bonds. The SMILES string of the molecule is CCN(CC)CC1(O)CC2CCC(C1)N2c1ccc(C#N)c2ccccc12. The van der Waals surface area contributed by atoms with Gasteiger partial charge < -0.3 is 14.9 Å². The van der Waals surface area contributed by atoms with Crippen molar-refractivity contribution in [3.63, 3.8) is 0 Å². The molecule has 4 heteroatoms. The Kier molecular flexibility index (Phi) is 4.84. The molecule has 2 heterocycles. The first-order valence-electron chi connectivity index (χ1n) is 10.2. The maximum Gasteiger partial charge on any atom is 0.0998 e. The topological polar surface area (TPSA) is 50.5 Å². The van der Waals surface area contributed by atoms with Crippen molar-refractivity contribution in [1.29, 1.82) is 5.26 Å². The number of nitriles is 1.